The Morgan fingerprint density at radius 3 is 2.53 bits per heavy atom. The van der Waals surface area contributed by atoms with Gasteiger partial charge in [-0.2, -0.15) is 13.2 Å². The molecule has 0 aromatic carbocycles. The highest BCUT2D eigenvalue weighted by molar-refractivity contribution is 7.92. The van der Waals surface area contributed by atoms with E-state index in [9.17, 15) is 21.6 Å². The van der Waals surface area contributed by atoms with Crippen LogP contribution in [0, 0.1) is 0 Å². The van der Waals surface area contributed by atoms with Crippen LogP contribution in [-0.2, 0) is 16.4 Å². The van der Waals surface area contributed by atoms with Gasteiger partial charge in [0, 0.05) is 12.6 Å². The Bertz CT molecular complexity index is 543. The topological polar surface area (TPSA) is 85.1 Å². The number of aromatic nitrogens is 1. The molecule has 3 N–H and O–H groups in total. The number of anilines is 2. The average Bonchev–Trinajstić information content (AvgIpc) is 2.28. The van der Waals surface area contributed by atoms with E-state index in [0.29, 0.717) is 5.56 Å². The second-order valence-corrected chi connectivity index (χ2v) is 5.91. The number of hydrogen-bond acceptors (Lipinski definition) is 4. The Hall–Kier alpha value is -1.51. The highest BCUT2D eigenvalue weighted by atomic mass is 32.2. The monoisotopic (exact) mass is 297 g/mol. The number of hydrogen-bond donors (Lipinski definition) is 2. The fourth-order valence-corrected chi connectivity index (χ4v) is 1.86. The molecule has 0 atom stereocenters. The van der Waals surface area contributed by atoms with E-state index in [0.717, 1.165) is 0 Å². The van der Waals surface area contributed by atoms with Crippen molar-refractivity contribution in [2.75, 3.05) is 16.2 Å². The van der Waals surface area contributed by atoms with Crippen molar-refractivity contribution >= 4 is 21.5 Å². The maximum absolute atomic E-state index is 12.0. The lowest BCUT2D eigenvalue weighted by atomic mass is 10.1. The van der Waals surface area contributed by atoms with E-state index in [1.54, 1.807) is 0 Å². The van der Waals surface area contributed by atoms with Crippen LogP contribution < -0.4 is 10.5 Å². The molecular weight excluding hydrogens is 283 g/mol. The lowest BCUT2D eigenvalue weighted by molar-refractivity contribution is -0.134. The molecule has 0 fully saturated rings. The molecule has 1 aromatic heterocycles. The minimum atomic E-state index is -4.25. The third kappa shape index (κ3) is 5.33. The van der Waals surface area contributed by atoms with Gasteiger partial charge in [0.05, 0.1) is 11.4 Å². The van der Waals surface area contributed by atoms with E-state index in [4.69, 9.17) is 5.73 Å². The third-order valence-corrected chi connectivity index (χ3v) is 3.57. The Labute approximate surface area is 109 Å². The van der Waals surface area contributed by atoms with Gasteiger partial charge in [0.2, 0.25) is 10.0 Å². The molecule has 0 aliphatic heterocycles. The molecule has 9 heteroatoms. The van der Waals surface area contributed by atoms with Crippen LogP contribution >= 0.6 is 0 Å². The van der Waals surface area contributed by atoms with Crippen molar-refractivity contribution in [3.05, 3.63) is 17.8 Å². The van der Waals surface area contributed by atoms with Gasteiger partial charge in [-0.05, 0) is 25.0 Å². The number of nitrogens with two attached hydrogens (primary N) is 1. The van der Waals surface area contributed by atoms with Gasteiger partial charge in [-0.3, -0.25) is 4.72 Å². The van der Waals surface area contributed by atoms with Gasteiger partial charge in [0.15, 0.2) is 5.82 Å². The SMILES string of the molecule is CCS(=O)(=O)Nc1ncc(CCC(F)(F)F)cc1N. The first-order valence-corrected chi connectivity index (χ1v) is 7.10. The first-order valence-electron chi connectivity index (χ1n) is 5.44. The van der Waals surface area contributed by atoms with Crippen molar-refractivity contribution in [1.29, 1.82) is 0 Å². The first kappa shape index (κ1) is 15.5. The van der Waals surface area contributed by atoms with E-state index in [2.05, 4.69) is 9.71 Å². The van der Waals surface area contributed by atoms with Crippen LogP contribution in [0.5, 0.6) is 0 Å². The minimum absolute atomic E-state index is 0.00306. The lowest BCUT2D eigenvalue weighted by Gasteiger charge is -2.10. The summed E-state index contributed by atoms with van der Waals surface area (Å²) in [4.78, 5) is 3.73. The summed E-state index contributed by atoms with van der Waals surface area (Å²) in [6.07, 6.45) is -4.30. The van der Waals surface area contributed by atoms with Crippen molar-refractivity contribution in [1.82, 2.24) is 4.98 Å². The molecule has 0 saturated carbocycles. The predicted octanol–water partition coefficient (Wildman–Crippen LogP) is 1.92. The summed E-state index contributed by atoms with van der Waals surface area (Å²) in [6.45, 7) is 1.44. The molecule has 0 bridgehead atoms. The largest absolute Gasteiger partial charge is 0.396 e. The number of sulfonamides is 1. The molecule has 5 nitrogen and oxygen atoms in total. The van der Waals surface area contributed by atoms with Crippen LogP contribution in [0.2, 0.25) is 0 Å². The lowest BCUT2D eigenvalue weighted by Crippen LogP contribution is -2.17. The Morgan fingerprint density at radius 1 is 1.42 bits per heavy atom. The summed E-state index contributed by atoms with van der Waals surface area (Å²) in [5.74, 6) is -0.221. The fourth-order valence-electron chi connectivity index (χ4n) is 1.25. The summed E-state index contributed by atoms with van der Waals surface area (Å²) in [5.41, 5.74) is 5.85. The van der Waals surface area contributed by atoms with Gasteiger partial charge >= 0.3 is 6.18 Å². The van der Waals surface area contributed by atoms with Crippen molar-refractivity contribution in [2.45, 2.75) is 25.9 Å². The zero-order valence-corrected chi connectivity index (χ0v) is 11.0. The van der Waals surface area contributed by atoms with Gasteiger partial charge in [0.25, 0.3) is 0 Å². The average molecular weight is 297 g/mol. The number of alkyl halides is 3. The van der Waals surface area contributed by atoms with E-state index in [1.165, 1.54) is 19.2 Å². The van der Waals surface area contributed by atoms with Crippen LogP contribution in [0.4, 0.5) is 24.7 Å². The second-order valence-electron chi connectivity index (χ2n) is 3.90. The second kappa shape index (κ2) is 5.64. The summed E-state index contributed by atoms with van der Waals surface area (Å²) in [7, 11) is -3.52. The molecule has 0 unspecified atom stereocenters. The van der Waals surface area contributed by atoms with Crippen molar-refractivity contribution in [3.8, 4) is 0 Å². The molecule has 0 aliphatic rings. The molecule has 0 aliphatic carbocycles. The van der Waals surface area contributed by atoms with Crippen molar-refractivity contribution in [3.63, 3.8) is 0 Å². The third-order valence-electron chi connectivity index (χ3n) is 2.30. The van der Waals surface area contributed by atoms with Gasteiger partial charge < -0.3 is 5.73 Å². The molecule has 1 aromatic rings. The maximum Gasteiger partial charge on any atom is 0.389 e. The van der Waals surface area contributed by atoms with Crippen LogP contribution in [0.3, 0.4) is 0 Å². The van der Waals surface area contributed by atoms with Crippen LogP contribution in [-0.4, -0.2) is 25.3 Å². The highest BCUT2D eigenvalue weighted by Gasteiger charge is 2.26. The van der Waals surface area contributed by atoms with Gasteiger partial charge in [-0.1, -0.05) is 0 Å². The fraction of sp³-hybridized carbons (Fsp3) is 0.500. The molecule has 0 spiro atoms. The van der Waals surface area contributed by atoms with E-state index >= 15 is 0 Å². The Morgan fingerprint density at radius 2 is 2.05 bits per heavy atom. The number of rotatable bonds is 5. The maximum atomic E-state index is 12.0. The van der Waals surface area contributed by atoms with Crippen molar-refractivity contribution in [2.24, 2.45) is 0 Å². The molecule has 0 saturated heterocycles. The zero-order chi connectivity index (χ0) is 14.7. The smallest absolute Gasteiger partial charge is 0.389 e. The summed E-state index contributed by atoms with van der Waals surface area (Å²) in [6, 6.07) is 1.28. The van der Waals surface area contributed by atoms with E-state index < -0.39 is 22.6 Å². The molecule has 1 rings (SSSR count). The standard InChI is InChI=1S/C10H14F3N3O2S/c1-2-19(17,18)16-9-8(14)5-7(6-15-9)3-4-10(11,12)13/h5-6H,2-4,14H2,1H3,(H,15,16). The van der Waals surface area contributed by atoms with Crippen LogP contribution in [0.25, 0.3) is 0 Å². The molecule has 108 valence electrons. The van der Waals surface area contributed by atoms with Crippen molar-refractivity contribution < 1.29 is 21.6 Å². The molecular formula is C10H14F3N3O2S. The Balaban J connectivity index is 2.81. The number of pyridine rings is 1. The summed E-state index contributed by atoms with van der Waals surface area (Å²) in [5, 5.41) is 0. The predicted molar refractivity (Wildman–Crippen MR) is 66.1 cm³/mol. The number of nitrogen functional groups attached to an aromatic ring is 1. The van der Waals surface area contributed by atoms with Crippen LogP contribution in [0.1, 0.15) is 18.9 Å². The summed E-state index contributed by atoms with van der Waals surface area (Å²) < 4.78 is 60.9. The molecule has 0 amide bonds. The minimum Gasteiger partial charge on any atom is -0.396 e. The molecule has 0 radical (unpaired) electrons. The van der Waals surface area contributed by atoms with E-state index in [-0.39, 0.29) is 23.7 Å². The molecule has 1 heterocycles. The van der Waals surface area contributed by atoms with Crippen LogP contribution in [0.15, 0.2) is 12.3 Å². The van der Waals surface area contributed by atoms with E-state index in [1.807, 2.05) is 0 Å². The van der Waals surface area contributed by atoms with Gasteiger partial charge in [-0.25, -0.2) is 13.4 Å². The Kier molecular flexibility index (Phi) is 4.61. The molecule has 19 heavy (non-hydrogen) atoms. The van der Waals surface area contributed by atoms with Gasteiger partial charge in [-0.15, -0.1) is 0 Å². The first-order chi connectivity index (χ1) is 8.63. The quantitative estimate of drug-likeness (QED) is 0.869. The summed E-state index contributed by atoms with van der Waals surface area (Å²) >= 11 is 0. The van der Waals surface area contributed by atoms with Gasteiger partial charge in [0.1, 0.15) is 0 Å². The highest BCUT2D eigenvalue weighted by Crippen LogP contribution is 2.24. The normalized spacial score (nSPS) is 12.4. The number of halogens is 3. The zero-order valence-electron chi connectivity index (χ0n) is 10.2. The number of nitrogens with zero attached hydrogens (tertiary/aromatic N) is 1. The number of aryl methyl sites for hydroxylation is 1. The number of nitrogens with one attached hydrogen (secondary N) is 1.